The van der Waals surface area contributed by atoms with Crippen molar-refractivity contribution < 1.29 is 9.53 Å². The molecule has 0 unspecified atom stereocenters. The van der Waals surface area contributed by atoms with Crippen LogP contribution in [0.2, 0.25) is 0 Å². The van der Waals surface area contributed by atoms with Gasteiger partial charge in [0.2, 0.25) is 0 Å². The summed E-state index contributed by atoms with van der Waals surface area (Å²) >= 11 is 3.47. The summed E-state index contributed by atoms with van der Waals surface area (Å²) in [7, 11) is 0. The van der Waals surface area contributed by atoms with Crippen LogP contribution in [0.25, 0.3) is 16.6 Å². The molecular weight excluding hydrogens is 532 g/mol. The second-order valence-corrected chi connectivity index (χ2v) is 10.6. The Labute approximate surface area is 223 Å². The number of carbonyl (C=O) groups is 1. The second-order valence-electron chi connectivity index (χ2n) is 9.69. The van der Waals surface area contributed by atoms with Gasteiger partial charge in [-0.15, -0.1) is 0 Å². The predicted octanol–water partition coefficient (Wildman–Crippen LogP) is 6.92. The molecule has 2 heterocycles. The van der Waals surface area contributed by atoms with Crippen molar-refractivity contribution in [2.75, 3.05) is 5.32 Å². The van der Waals surface area contributed by atoms with E-state index in [-0.39, 0.29) is 18.0 Å². The zero-order valence-electron chi connectivity index (χ0n) is 20.7. The van der Waals surface area contributed by atoms with Crippen molar-refractivity contribution in [2.24, 2.45) is 0 Å². The molecule has 9 heteroatoms. The number of H-pyrrole nitrogens is 1. The standard InChI is InChI=1S/C28H27BrN6O2/c1-28(2,3)25-15-26(35(34-25)21-10-8-20(29)9-11-21)32-27(36)30-16-18-6-4-5-7-24(18)37-22-12-13-23-19(14-22)17-31-33-23/h4-15,17H,16H2,1-3H3,(H,31,33)(H2,30,32,36). The van der Waals surface area contributed by atoms with Crippen molar-refractivity contribution >= 4 is 38.7 Å². The molecule has 37 heavy (non-hydrogen) atoms. The first-order valence-electron chi connectivity index (χ1n) is 11.9. The minimum atomic E-state index is -0.339. The largest absolute Gasteiger partial charge is 0.457 e. The van der Waals surface area contributed by atoms with Crippen molar-refractivity contribution in [1.29, 1.82) is 0 Å². The Bertz CT molecular complexity index is 1550. The maximum Gasteiger partial charge on any atom is 0.320 e. The molecule has 8 nitrogen and oxygen atoms in total. The maximum atomic E-state index is 12.9. The number of hydrogen-bond donors (Lipinski definition) is 3. The van der Waals surface area contributed by atoms with Gasteiger partial charge in [0, 0.05) is 33.4 Å². The molecule has 5 rings (SSSR count). The molecule has 0 saturated heterocycles. The van der Waals surface area contributed by atoms with E-state index < -0.39 is 0 Å². The number of aromatic nitrogens is 4. The number of fused-ring (bicyclic) bond motifs is 1. The zero-order chi connectivity index (χ0) is 26.0. The van der Waals surface area contributed by atoms with Crippen LogP contribution in [0.3, 0.4) is 0 Å². The van der Waals surface area contributed by atoms with E-state index in [0.29, 0.717) is 17.3 Å². The van der Waals surface area contributed by atoms with Gasteiger partial charge in [0.15, 0.2) is 0 Å². The van der Waals surface area contributed by atoms with E-state index in [0.717, 1.165) is 32.3 Å². The Kier molecular flexibility index (Phi) is 6.71. The Morgan fingerprint density at radius 2 is 1.84 bits per heavy atom. The molecule has 3 aromatic carbocycles. The molecule has 0 spiro atoms. The highest BCUT2D eigenvalue weighted by Crippen LogP contribution is 2.29. The van der Waals surface area contributed by atoms with E-state index in [1.165, 1.54) is 0 Å². The molecule has 5 aromatic rings. The van der Waals surface area contributed by atoms with Gasteiger partial charge in [-0.3, -0.25) is 10.4 Å². The lowest BCUT2D eigenvalue weighted by Crippen LogP contribution is -2.29. The first-order chi connectivity index (χ1) is 17.8. The molecular formula is C28H27BrN6O2. The summed E-state index contributed by atoms with van der Waals surface area (Å²) in [6.07, 6.45) is 1.75. The van der Waals surface area contributed by atoms with Crippen LogP contribution in [-0.2, 0) is 12.0 Å². The summed E-state index contributed by atoms with van der Waals surface area (Å²) in [5.41, 5.74) is 3.34. The average Bonchev–Trinajstić information content (AvgIpc) is 3.51. The number of amides is 2. The van der Waals surface area contributed by atoms with Gasteiger partial charge in [-0.05, 0) is 48.5 Å². The summed E-state index contributed by atoms with van der Waals surface area (Å²) in [6.45, 7) is 6.56. The van der Waals surface area contributed by atoms with Gasteiger partial charge < -0.3 is 10.1 Å². The molecule has 0 bridgehead atoms. The third kappa shape index (κ3) is 5.67. The number of nitrogens with one attached hydrogen (secondary N) is 3. The van der Waals surface area contributed by atoms with Gasteiger partial charge in [0.1, 0.15) is 17.3 Å². The van der Waals surface area contributed by atoms with Crippen LogP contribution in [0.15, 0.2) is 83.5 Å². The van der Waals surface area contributed by atoms with Crippen LogP contribution in [0.1, 0.15) is 32.0 Å². The quantitative estimate of drug-likeness (QED) is 0.210. The number of aromatic amines is 1. The smallest absolute Gasteiger partial charge is 0.320 e. The SMILES string of the molecule is CC(C)(C)c1cc(NC(=O)NCc2ccccc2Oc2ccc3[nH]ncc3c2)n(-c2ccc(Br)cc2)n1. The number of carbonyl (C=O) groups excluding carboxylic acids is 1. The van der Waals surface area contributed by atoms with Crippen LogP contribution in [0.5, 0.6) is 11.5 Å². The lowest BCUT2D eigenvalue weighted by molar-refractivity contribution is 0.251. The van der Waals surface area contributed by atoms with E-state index >= 15 is 0 Å². The number of nitrogens with zero attached hydrogens (tertiary/aromatic N) is 3. The highest BCUT2D eigenvalue weighted by Gasteiger charge is 2.21. The summed E-state index contributed by atoms with van der Waals surface area (Å²) in [5, 5.41) is 18.6. The van der Waals surface area contributed by atoms with E-state index in [1.807, 2.05) is 72.8 Å². The molecule has 188 valence electrons. The lowest BCUT2D eigenvalue weighted by Gasteiger charge is -2.14. The van der Waals surface area contributed by atoms with Crippen molar-refractivity contribution in [2.45, 2.75) is 32.7 Å². The molecule has 0 aliphatic carbocycles. The first-order valence-corrected chi connectivity index (χ1v) is 12.7. The van der Waals surface area contributed by atoms with Crippen molar-refractivity contribution in [1.82, 2.24) is 25.3 Å². The number of anilines is 1. The Morgan fingerprint density at radius 1 is 1.05 bits per heavy atom. The van der Waals surface area contributed by atoms with Gasteiger partial charge in [0.05, 0.1) is 23.1 Å². The number of urea groups is 1. The van der Waals surface area contributed by atoms with E-state index in [1.54, 1.807) is 10.9 Å². The zero-order valence-corrected chi connectivity index (χ0v) is 22.3. The van der Waals surface area contributed by atoms with Gasteiger partial charge in [-0.2, -0.15) is 10.2 Å². The fourth-order valence-corrected chi connectivity index (χ4v) is 4.08. The molecule has 0 aliphatic heterocycles. The van der Waals surface area contributed by atoms with Crippen LogP contribution >= 0.6 is 15.9 Å². The van der Waals surface area contributed by atoms with Crippen LogP contribution in [-0.4, -0.2) is 26.0 Å². The minimum absolute atomic E-state index is 0.177. The third-order valence-electron chi connectivity index (χ3n) is 5.84. The van der Waals surface area contributed by atoms with Gasteiger partial charge in [-0.1, -0.05) is 54.9 Å². The minimum Gasteiger partial charge on any atom is -0.457 e. The first kappa shape index (κ1) is 24.6. The summed E-state index contributed by atoms with van der Waals surface area (Å²) in [6, 6.07) is 22.7. The molecule has 3 N–H and O–H groups in total. The van der Waals surface area contributed by atoms with E-state index in [2.05, 4.69) is 57.5 Å². The molecule has 0 aliphatic rings. The monoisotopic (exact) mass is 558 g/mol. The number of benzene rings is 3. The fourth-order valence-electron chi connectivity index (χ4n) is 3.81. The molecule has 2 amide bonds. The molecule has 2 aromatic heterocycles. The number of para-hydroxylation sites is 1. The number of halogens is 1. The van der Waals surface area contributed by atoms with Crippen molar-refractivity contribution in [3.63, 3.8) is 0 Å². The van der Waals surface area contributed by atoms with Crippen molar-refractivity contribution in [3.8, 4) is 17.2 Å². The average molecular weight is 559 g/mol. The normalized spacial score (nSPS) is 11.5. The summed E-state index contributed by atoms with van der Waals surface area (Å²) < 4.78 is 8.85. The lowest BCUT2D eigenvalue weighted by atomic mass is 9.92. The third-order valence-corrected chi connectivity index (χ3v) is 6.37. The number of rotatable bonds is 6. The molecule has 0 radical (unpaired) electrons. The second kappa shape index (κ2) is 10.1. The highest BCUT2D eigenvalue weighted by molar-refractivity contribution is 9.10. The van der Waals surface area contributed by atoms with Crippen molar-refractivity contribution in [3.05, 3.63) is 94.7 Å². The molecule has 0 atom stereocenters. The maximum absolute atomic E-state index is 12.9. The van der Waals surface area contributed by atoms with Gasteiger partial charge in [-0.25, -0.2) is 9.48 Å². The topological polar surface area (TPSA) is 96.9 Å². The van der Waals surface area contributed by atoms with E-state index in [4.69, 9.17) is 9.84 Å². The Hall–Kier alpha value is -4.11. The highest BCUT2D eigenvalue weighted by atomic mass is 79.9. The number of ether oxygens (including phenoxy) is 1. The number of hydrogen-bond acceptors (Lipinski definition) is 4. The van der Waals surface area contributed by atoms with E-state index in [9.17, 15) is 4.79 Å². The summed E-state index contributed by atoms with van der Waals surface area (Å²) in [5.74, 6) is 1.95. The van der Waals surface area contributed by atoms with Crippen LogP contribution in [0, 0.1) is 0 Å². The molecule has 0 saturated carbocycles. The predicted molar refractivity (Wildman–Crippen MR) is 148 cm³/mol. The van der Waals surface area contributed by atoms with Gasteiger partial charge >= 0.3 is 6.03 Å². The fraction of sp³-hybridized carbons (Fsp3) is 0.179. The Morgan fingerprint density at radius 3 is 2.62 bits per heavy atom. The summed E-state index contributed by atoms with van der Waals surface area (Å²) in [4.78, 5) is 12.9. The van der Waals surface area contributed by atoms with Gasteiger partial charge in [0.25, 0.3) is 0 Å². The molecule has 0 fully saturated rings. The van der Waals surface area contributed by atoms with Crippen LogP contribution < -0.4 is 15.4 Å². The Balaban J connectivity index is 1.31. The van der Waals surface area contributed by atoms with Crippen LogP contribution in [0.4, 0.5) is 10.6 Å².